The highest BCUT2D eigenvalue weighted by molar-refractivity contribution is 7.13. The first-order valence-corrected chi connectivity index (χ1v) is 10.1. The van der Waals surface area contributed by atoms with Crippen molar-refractivity contribution in [2.75, 3.05) is 13.7 Å². The molecule has 5 nitrogen and oxygen atoms in total. The van der Waals surface area contributed by atoms with Gasteiger partial charge in [0.25, 0.3) is 5.91 Å². The van der Waals surface area contributed by atoms with Gasteiger partial charge in [0.2, 0.25) is 0 Å². The zero-order valence-electron chi connectivity index (χ0n) is 15.6. The van der Waals surface area contributed by atoms with Gasteiger partial charge in [-0.3, -0.25) is 4.79 Å². The molecule has 146 valence electrons. The van der Waals surface area contributed by atoms with E-state index in [0.29, 0.717) is 23.7 Å². The Bertz CT molecular complexity index is 927. The number of methoxy groups -OCH3 is 1. The van der Waals surface area contributed by atoms with Crippen molar-refractivity contribution < 1.29 is 14.3 Å². The summed E-state index contributed by atoms with van der Waals surface area (Å²) in [6.07, 6.45) is 0.0159. The summed E-state index contributed by atoms with van der Waals surface area (Å²) in [5, 5.41) is 6.31. The SMILES string of the molecule is COc1ccc(-c2nc(CCNC(=O)[C@@H](C)Oc3ccccc3Cl)cs2)cc1. The van der Waals surface area contributed by atoms with Crippen LogP contribution in [0.1, 0.15) is 12.6 Å². The van der Waals surface area contributed by atoms with Crippen LogP contribution in [0.3, 0.4) is 0 Å². The van der Waals surface area contributed by atoms with Crippen molar-refractivity contribution in [1.29, 1.82) is 0 Å². The van der Waals surface area contributed by atoms with Gasteiger partial charge in [-0.05, 0) is 43.3 Å². The number of rotatable bonds is 8. The molecule has 28 heavy (non-hydrogen) atoms. The predicted octanol–water partition coefficient (Wildman–Crippen LogP) is 4.60. The number of para-hydroxylation sites is 1. The van der Waals surface area contributed by atoms with Crippen LogP contribution in [0, 0.1) is 0 Å². The third-order valence-electron chi connectivity index (χ3n) is 4.08. The van der Waals surface area contributed by atoms with Gasteiger partial charge >= 0.3 is 0 Å². The largest absolute Gasteiger partial charge is 0.497 e. The lowest BCUT2D eigenvalue weighted by Gasteiger charge is -2.15. The first-order valence-electron chi connectivity index (χ1n) is 8.84. The molecular weight excluding hydrogens is 396 g/mol. The van der Waals surface area contributed by atoms with Gasteiger partial charge < -0.3 is 14.8 Å². The highest BCUT2D eigenvalue weighted by atomic mass is 35.5. The second-order valence-electron chi connectivity index (χ2n) is 6.10. The summed E-state index contributed by atoms with van der Waals surface area (Å²) in [4.78, 5) is 16.9. The minimum Gasteiger partial charge on any atom is -0.497 e. The highest BCUT2D eigenvalue weighted by Gasteiger charge is 2.15. The third-order valence-corrected chi connectivity index (χ3v) is 5.33. The molecule has 1 atom stereocenters. The topological polar surface area (TPSA) is 60.5 Å². The van der Waals surface area contributed by atoms with E-state index in [1.54, 1.807) is 37.5 Å². The van der Waals surface area contributed by atoms with E-state index >= 15 is 0 Å². The van der Waals surface area contributed by atoms with Crippen LogP contribution >= 0.6 is 22.9 Å². The van der Waals surface area contributed by atoms with Crippen LogP contribution in [-0.4, -0.2) is 30.6 Å². The second kappa shape index (κ2) is 9.57. The smallest absolute Gasteiger partial charge is 0.260 e. The highest BCUT2D eigenvalue weighted by Crippen LogP contribution is 2.26. The van der Waals surface area contributed by atoms with E-state index < -0.39 is 6.10 Å². The average Bonchev–Trinajstić information content (AvgIpc) is 3.18. The number of amides is 1. The molecule has 0 unspecified atom stereocenters. The van der Waals surface area contributed by atoms with E-state index in [2.05, 4.69) is 10.3 Å². The number of carbonyl (C=O) groups excluding carboxylic acids is 1. The van der Waals surface area contributed by atoms with E-state index in [9.17, 15) is 4.79 Å². The van der Waals surface area contributed by atoms with Gasteiger partial charge in [0.05, 0.1) is 17.8 Å². The van der Waals surface area contributed by atoms with Crippen molar-refractivity contribution in [2.24, 2.45) is 0 Å². The molecule has 0 aliphatic carbocycles. The molecule has 1 aromatic heterocycles. The van der Waals surface area contributed by atoms with Gasteiger partial charge in [-0.2, -0.15) is 0 Å². The van der Waals surface area contributed by atoms with Crippen LogP contribution in [0.2, 0.25) is 5.02 Å². The van der Waals surface area contributed by atoms with Gasteiger partial charge in [-0.25, -0.2) is 4.98 Å². The van der Waals surface area contributed by atoms with E-state index in [-0.39, 0.29) is 5.91 Å². The molecule has 0 saturated heterocycles. The molecule has 0 saturated carbocycles. The molecule has 0 fully saturated rings. The van der Waals surface area contributed by atoms with Crippen LogP contribution in [-0.2, 0) is 11.2 Å². The van der Waals surface area contributed by atoms with Crippen molar-refractivity contribution >= 4 is 28.8 Å². The standard InChI is InChI=1S/C21H21ClN2O3S/c1-14(27-19-6-4-3-5-18(19)22)20(25)23-12-11-16-13-28-21(24-16)15-7-9-17(26-2)10-8-15/h3-10,13-14H,11-12H2,1-2H3,(H,23,25)/t14-/m1/s1. The van der Waals surface area contributed by atoms with Crippen LogP contribution in [0.15, 0.2) is 53.9 Å². The normalized spacial score (nSPS) is 11.7. The summed E-state index contributed by atoms with van der Waals surface area (Å²) >= 11 is 7.64. The number of halogens is 1. The Morgan fingerprint density at radius 1 is 1.21 bits per heavy atom. The fraction of sp³-hybridized carbons (Fsp3) is 0.238. The number of aromatic nitrogens is 1. The molecule has 1 heterocycles. The van der Waals surface area contributed by atoms with Gasteiger partial charge in [0.1, 0.15) is 16.5 Å². The van der Waals surface area contributed by atoms with Crippen LogP contribution < -0.4 is 14.8 Å². The molecule has 3 aromatic rings. The Morgan fingerprint density at radius 3 is 2.68 bits per heavy atom. The molecule has 3 rings (SSSR count). The molecule has 1 N–H and O–H groups in total. The number of ether oxygens (including phenoxy) is 2. The van der Waals surface area contributed by atoms with Crippen molar-refractivity contribution in [3.63, 3.8) is 0 Å². The Morgan fingerprint density at radius 2 is 1.96 bits per heavy atom. The van der Waals surface area contributed by atoms with Gasteiger partial charge in [0.15, 0.2) is 6.10 Å². The van der Waals surface area contributed by atoms with Crippen molar-refractivity contribution in [2.45, 2.75) is 19.4 Å². The van der Waals surface area contributed by atoms with E-state index in [4.69, 9.17) is 21.1 Å². The van der Waals surface area contributed by atoms with Crippen LogP contribution in [0.5, 0.6) is 11.5 Å². The maximum absolute atomic E-state index is 12.2. The van der Waals surface area contributed by atoms with Crippen LogP contribution in [0.25, 0.3) is 10.6 Å². The summed E-state index contributed by atoms with van der Waals surface area (Å²) in [6, 6.07) is 14.9. The monoisotopic (exact) mass is 416 g/mol. The number of thiazole rings is 1. The van der Waals surface area contributed by atoms with E-state index in [1.165, 1.54) is 0 Å². The van der Waals surface area contributed by atoms with Crippen molar-refractivity contribution in [3.05, 3.63) is 64.6 Å². The molecule has 0 aliphatic heterocycles. The summed E-state index contributed by atoms with van der Waals surface area (Å²) in [5.74, 6) is 1.12. The van der Waals surface area contributed by atoms with Crippen molar-refractivity contribution in [1.82, 2.24) is 10.3 Å². The molecular formula is C21H21ClN2O3S. The Hall–Kier alpha value is -2.57. The predicted molar refractivity (Wildman–Crippen MR) is 112 cm³/mol. The molecule has 1 amide bonds. The maximum atomic E-state index is 12.2. The molecule has 0 bridgehead atoms. The molecule has 2 aromatic carbocycles. The van der Waals surface area contributed by atoms with E-state index in [0.717, 1.165) is 22.0 Å². The maximum Gasteiger partial charge on any atom is 0.260 e. The number of hydrogen-bond acceptors (Lipinski definition) is 5. The first-order chi connectivity index (χ1) is 13.6. The average molecular weight is 417 g/mol. The minimum atomic E-state index is -0.634. The fourth-order valence-electron chi connectivity index (χ4n) is 2.53. The Balaban J connectivity index is 1.48. The van der Waals surface area contributed by atoms with Gasteiger partial charge in [0, 0.05) is 23.9 Å². The summed E-state index contributed by atoms with van der Waals surface area (Å²) in [7, 11) is 1.64. The number of nitrogens with zero attached hydrogens (tertiary/aromatic N) is 1. The number of carbonyl (C=O) groups is 1. The second-order valence-corrected chi connectivity index (χ2v) is 7.37. The van der Waals surface area contributed by atoms with Crippen LogP contribution in [0.4, 0.5) is 0 Å². The zero-order valence-corrected chi connectivity index (χ0v) is 17.2. The van der Waals surface area contributed by atoms with Gasteiger partial charge in [-0.15, -0.1) is 11.3 Å². The lowest BCUT2D eigenvalue weighted by molar-refractivity contribution is -0.127. The van der Waals surface area contributed by atoms with Crippen molar-refractivity contribution in [3.8, 4) is 22.1 Å². The lowest BCUT2D eigenvalue weighted by Crippen LogP contribution is -2.37. The number of hydrogen-bond donors (Lipinski definition) is 1. The van der Waals surface area contributed by atoms with Gasteiger partial charge in [-0.1, -0.05) is 23.7 Å². The summed E-state index contributed by atoms with van der Waals surface area (Å²) in [6.45, 7) is 2.18. The molecule has 7 heteroatoms. The Kier molecular flexibility index (Phi) is 6.90. The Labute approximate surface area is 173 Å². The lowest BCUT2D eigenvalue weighted by atomic mass is 10.2. The fourth-order valence-corrected chi connectivity index (χ4v) is 3.57. The quantitative estimate of drug-likeness (QED) is 0.583. The summed E-state index contributed by atoms with van der Waals surface area (Å²) < 4.78 is 10.8. The zero-order chi connectivity index (χ0) is 19.9. The minimum absolute atomic E-state index is 0.189. The first kappa shape index (κ1) is 20.2. The molecule has 0 spiro atoms. The van der Waals surface area contributed by atoms with E-state index in [1.807, 2.05) is 41.8 Å². The third kappa shape index (κ3) is 5.24. The number of benzene rings is 2. The summed E-state index contributed by atoms with van der Waals surface area (Å²) in [5.41, 5.74) is 1.98. The number of nitrogens with one attached hydrogen (secondary N) is 1. The molecule has 0 radical (unpaired) electrons. The molecule has 0 aliphatic rings.